The van der Waals surface area contributed by atoms with Gasteiger partial charge in [-0.2, -0.15) is 0 Å². The van der Waals surface area contributed by atoms with Crippen LogP contribution in [0, 0.1) is 0 Å². The van der Waals surface area contributed by atoms with Crippen molar-refractivity contribution in [2.45, 2.75) is 70.0 Å². The average Bonchev–Trinajstić information content (AvgIpc) is 2.78. The summed E-state index contributed by atoms with van der Waals surface area (Å²) in [5, 5.41) is 18.2. The molecule has 6 heteroatoms. The molecule has 0 bridgehead atoms. The second kappa shape index (κ2) is 12.4. The van der Waals surface area contributed by atoms with E-state index in [1.165, 1.54) is 24.8 Å². The number of hydrogen-bond acceptors (Lipinski definition) is 6. The Hall–Kier alpha value is -2.44. The highest BCUT2D eigenvalue weighted by atomic mass is 16.6. The van der Waals surface area contributed by atoms with E-state index in [0.29, 0.717) is 19.3 Å². The molecule has 0 amide bonds. The molecular formula is C25H34O6. The molecule has 31 heavy (non-hydrogen) atoms. The highest BCUT2D eigenvalue weighted by Gasteiger charge is 2.34. The second-order valence-electron chi connectivity index (χ2n) is 8.18. The van der Waals surface area contributed by atoms with Crippen molar-refractivity contribution in [3.63, 3.8) is 0 Å². The molecule has 2 atom stereocenters. The van der Waals surface area contributed by atoms with Gasteiger partial charge in [0, 0.05) is 6.42 Å². The topological polar surface area (TPSA) is 93.1 Å². The molecule has 170 valence electrons. The van der Waals surface area contributed by atoms with Crippen LogP contribution in [0.3, 0.4) is 0 Å². The minimum absolute atomic E-state index is 0.0132. The third-order valence-corrected chi connectivity index (χ3v) is 5.65. The lowest BCUT2D eigenvalue weighted by molar-refractivity contribution is -0.155. The minimum atomic E-state index is -0.649. The molecular weight excluding hydrogens is 396 g/mol. The number of benzene rings is 1. The van der Waals surface area contributed by atoms with Gasteiger partial charge in [-0.15, -0.1) is 0 Å². The molecule has 2 unspecified atom stereocenters. The first kappa shape index (κ1) is 24.8. The minimum Gasteiger partial charge on any atom is -0.459 e. The van der Waals surface area contributed by atoms with Crippen molar-refractivity contribution in [2.75, 3.05) is 13.2 Å². The zero-order chi connectivity index (χ0) is 22.8. The van der Waals surface area contributed by atoms with Gasteiger partial charge in [0.2, 0.25) is 0 Å². The van der Waals surface area contributed by atoms with Crippen LogP contribution in [0.15, 0.2) is 48.6 Å². The van der Waals surface area contributed by atoms with Crippen molar-refractivity contribution >= 4 is 11.9 Å². The van der Waals surface area contributed by atoms with Crippen LogP contribution in [-0.2, 0) is 25.5 Å². The first-order valence-corrected chi connectivity index (χ1v) is 11.0. The number of carbonyl (C=O) groups excluding carboxylic acids is 2. The summed E-state index contributed by atoms with van der Waals surface area (Å²) in [6.45, 7) is 8.26. The molecule has 1 aliphatic rings. The van der Waals surface area contributed by atoms with Crippen LogP contribution in [0.5, 0.6) is 0 Å². The normalized spacial score (nSPS) is 20.7. The summed E-state index contributed by atoms with van der Waals surface area (Å²) in [4.78, 5) is 24.2. The Bertz CT molecular complexity index is 729. The van der Waals surface area contributed by atoms with Crippen LogP contribution in [0.1, 0.15) is 62.5 Å². The molecule has 0 aromatic heterocycles. The number of aliphatic hydroxyl groups excluding tert-OH is 2. The first-order valence-electron chi connectivity index (χ1n) is 11.0. The van der Waals surface area contributed by atoms with Crippen molar-refractivity contribution in [2.24, 2.45) is 0 Å². The first-order chi connectivity index (χ1) is 14.9. The third-order valence-electron chi connectivity index (χ3n) is 5.65. The van der Waals surface area contributed by atoms with E-state index in [-0.39, 0.29) is 17.1 Å². The lowest BCUT2D eigenvalue weighted by atomic mass is 9.80. The summed E-state index contributed by atoms with van der Waals surface area (Å²) < 4.78 is 11.0. The molecule has 2 rings (SSSR count). The third kappa shape index (κ3) is 7.64. The molecule has 0 aliphatic heterocycles. The zero-order valence-corrected chi connectivity index (χ0v) is 18.3. The van der Waals surface area contributed by atoms with Gasteiger partial charge in [-0.3, -0.25) is 0 Å². The van der Waals surface area contributed by atoms with Crippen molar-refractivity contribution in [3.05, 3.63) is 59.7 Å². The van der Waals surface area contributed by atoms with Gasteiger partial charge in [0.15, 0.2) is 0 Å². The summed E-state index contributed by atoms with van der Waals surface area (Å²) in [6, 6.07) is 8.44. The zero-order valence-electron chi connectivity index (χ0n) is 18.3. The number of ether oxygens (including phenoxy) is 2. The van der Waals surface area contributed by atoms with Gasteiger partial charge in [-0.1, -0.05) is 57.2 Å². The molecule has 2 N–H and O–H groups in total. The Balaban J connectivity index is 2.12. The summed E-state index contributed by atoms with van der Waals surface area (Å²) in [5.74, 6) is -1.26. The van der Waals surface area contributed by atoms with E-state index < -0.39 is 37.4 Å². The fraction of sp³-hybridized carbons (Fsp3) is 0.520. The predicted octanol–water partition coefficient (Wildman–Crippen LogP) is 3.61. The molecule has 1 aromatic carbocycles. The van der Waals surface area contributed by atoms with E-state index >= 15 is 0 Å². The highest BCUT2D eigenvalue weighted by Crippen LogP contribution is 2.36. The number of esters is 2. The predicted molar refractivity (Wildman–Crippen MR) is 118 cm³/mol. The van der Waals surface area contributed by atoms with Crippen LogP contribution < -0.4 is 0 Å². The number of carbonyl (C=O) groups is 2. The lowest BCUT2D eigenvalue weighted by Crippen LogP contribution is -2.35. The number of aliphatic hydroxyl groups is 2. The van der Waals surface area contributed by atoms with Gasteiger partial charge in [-0.05, 0) is 42.7 Å². The van der Waals surface area contributed by atoms with Gasteiger partial charge in [0.1, 0.15) is 12.2 Å². The Morgan fingerprint density at radius 3 is 1.87 bits per heavy atom. The fourth-order valence-electron chi connectivity index (χ4n) is 3.82. The Morgan fingerprint density at radius 1 is 0.903 bits per heavy atom. The molecule has 6 nitrogen and oxygen atoms in total. The second-order valence-corrected chi connectivity index (χ2v) is 8.18. The van der Waals surface area contributed by atoms with Crippen LogP contribution in [-0.4, -0.2) is 47.6 Å². The molecule has 0 radical (unpaired) electrons. The SMILES string of the molecule is C=C(CO)C(=O)OC1CC(OC(=O)C(=C)CO)CC(c2ccc(CCCCC)cc2)C1. The fourth-order valence-corrected chi connectivity index (χ4v) is 3.82. The molecule has 0 spiro atoms. The maximum Gasteiger partial charge on any atom is 0.336 e. The number of rotatable bonds is 11. The van der Waals surface area contributed by atoms with E-state index in [1.54, 1.807) is 0 Å². The van der Waals surface area contributed by atoms with E-state index in [9.17, 15) is 9.59 Å². The smallest absolute Gasteiger partial charge is 0.336 e. The molecule has 0 heterocycles. The average molecular weight is 431 g/mol. The Labute approximate surface area is 184 Å². The van der Waals surface area contributed by atoms with Crippen molar-refractivity contribution < 1.29 is 29.3 Å². The quantitative estimate of drug-likeness (QED) is 0.317. The maximum atomic E-state index is 12.1. The molecule has 1 fully saturated rings. The van der Waals surface area contributed by atoms with Gasteiger partial charge < -0.3 is 19.7 Å². The molecule has 0 saturated heterocycles. The molecule has 1 saturated carbocycles. The number of unbranched alkanes of at least 4 members (excludes halogenated alkanes) is 2. The highest BCUT2D eigenvalue weighted by molar-refractivity contribution is 5.88. The van der Waals surface area contributed by atoms with Gasteiger partial charge >= 0.3 is 11.9 Å². The Morgan fingerprint density at radius 2 is 1.42 bits per heavy atom. The Kier molecular flexibility index (Phi) is 9.95. The largest absolute Gasteiger partial charge is 0.459 e. The number of aryl methyl sites for hydroxylation is 1. The van der Waals surface area contributed by atoms with E-state index in [0.717, 1.165) is 12.0 Å². The van der Waals surface area contributed by atoms with Crippen molar-refractivity contribution in [3.8, 4) is 0 Å². The van der Waals surface area contributed by atoms with Crippen LogP contribution in [0.2, 0.25) is 0 Å². The standard InChI is InChI=1S/C25H34O6/c1-4-5-6-7-19-8-10-20(11-9-19)21-12-22(30-24(28)17(2)15-26)14-23(13-21)31-25(29)18(3)16-27/h8-11,21-23,26-27H,2-7,12-16H2,1H3. The van der Waals surface area contributed by atoms with Gasteiger partial charge in [0.25, 0.3) is 0 Å². The van der Waals surface area contributed by atoms with Gasteiger partial charge in [-0.25, -0.2) is 9.59 Å². The molecule has 1 aliphatic carbocycles. The van der Waals surface area contributed by atoms with E-state index in [1.807, 2.05) is 0 Å². The van der Waals surface area contributed by atoms with Crippen molar-refractivity contribution in [1.82, 2.24) is 0 Å². The summed E-state index contributed by atoms with van der Waals surface area (Å²) >= 11 is 0. The lowest BCUT2D eigenvalue weighted by Gasteiger charge is -2.34. The maximum absolute atomic E-state index is 12.1. The van der Waals surface area contributed by atoms with Crippen LogP contribution in [0.4, 0.5) is 0 Å². The van der Waals surface area contributed by atoms with Gasteiger partial charge in [0.05, 0.1) is 24.4 Å². The van der Waals surface area contributed by atoms with E-state index in [2.05, 4.69) is 44.3 Å². The summed E-state index contributed by atoms with van der Waals surface area (Å²) in [5.41, 5.74) is 2.36. The number of hydrogen-bond donors (Lipinski definition) is 2. The van der Waals surface area contributed by atoms with Crippen LogP contribution in [0.25, 0.3) is 0 Å². The van der Waals surface area contributed by atoms with Crippen LogP contribution >= 0.6 is 0 Å². The summed E-state index contributed by atoms with van der Waals surface area (Å²) in [7, 11) is 0. The molecule has 1 aromatic rings. The summed E-state index contributed by atoms with van der Waals surface area (Å²) in [6.07, 6.45) is 5.20. The van der Waals surface area contributed by atoms with Crippen molar-refractivity contribution in [1.29, 1.82) is 0 Å². The monoisotopic (exact) mass is 430 g/mol. The van der Waals surface area contributed by atoms with E-state index in [4.69, 9.17) is 19.7 Å².